The molecule has 0 aliphatic carbocycles. The molecule has 0 aromatic heterocycles. The molecule has 1 rings (SSSR count). The Hall–Kier alpha value is -1.15. The molecule has 96 valence electrons. The third kappa shape index (κ3) is 3.40. The zero-order valence-electron chi connectivity index (χ0n) is 9.42. The average Bonchev–Trinajstić information content (AvgIpc) is 2.29. The molecular weight excluding hydrogens is 244 g/mol. The van der Waals surface area contributed by atoms with Gasteiger partial charge in [0.05, 0.1) is 24.2 Å². The number of sulfonamides is 1. The van der Waals surface area contributed by atoms with Gasteiger partial charge in [-0.1, -0.05) is 6.07 Å². The van der Waals surface area contributed by atoms with E-state index in [0.29, 0.717) is 5.69 Å². The smallest absolute Gasteiger partial charge is 0.241 e. The highest BCUT2D eigenvalue weighted by Gasteiger charge is 2.19. The highest BCUT2D eigenvalue weighted by molar-refractivity contribution is 7.89. The molecule has 0 fully saturated rings. The molecule has 0 saturated heterocycles. The highest BCUT2D eigenvalue weighted by atomic mass is 32.2. The summed E-state index contributed by atoms with van der Waals surface area (Å²) in [6.07, 6.45) is 0. The molecular formula is C10H16N2O4S. The van der Waals surface area contributed by atoms with Crippen LogP contribution in [0.3, 0.4) is 0 Å². The van der Waals surface area contributed by atoms with Gasteiger partial charge in [-0.05, 0) is 24.6 Å². The van der Waals surface area contributed by atoms with Crippen molar-refractivity contribution in [1.29, 1.82) is 0 Å². The van der Waals surface area contributed by atoms with Crippen LogP contribution in [0.2, 0.25) is 0 Å². The molecule has 0 radical (unpaired) electrons. The molecule has 0 aliphatic heterocycles. The molecule has 6 nitrogen and oxygen atoms in total. The molecule has 0 unspecified atom stereocenters. The largest absolute Gasteiger partial charge is 0.398 e. The summed E-state index contributed by atoms with van der Waals surface area (Å²) in [5.74, 6) is 0. The van der Waals surface area contributed by atoms with Crippen LogP contribution < -0.4 is 10.5 Å². The summed E-state index contributed by atoms with van der Waals surface area (Å²) in [6.45, 7) is 0.817. The van der Waals surface area contributed by atoms with Crippen LogP contribution in [-0.4, -0.2) is 37.9 Å². The second-order valence-corrected chi connectivity index (χ2v) is 5.42. The van der Waals surface area contributed by atoms with E-state index < -0.39 is 29.3 Å². The van der Waals surface area contributed by atoms with E-state index in [0.717, 1.165) is 5.56 Å². The van der Waals surface area contributed by atoms with Gasteiger partial charge >= 0.3 is 0 Å². The minimum absolute atomic E-state index is 0.00694. The summed E-state index contributed by atoms with van der Waals surface area (Å²) < 4.78 is 25.8. The van der Waals surface area contributed by atoms with Crippen molar-refractivity contribution >= 4 is 15.7 Å². The minimum Gasteiger partial charge on any atom is -0.398 e. The third-order valence-corrected chi connectivity index (χ3v) is 3.84. The van der Waals surface area contributed by atoms with Gasteiger partial charge in [-0.2, -0.15) is 0 Å². The number of hydrogen-bond acceptors (Lipinski definition) is 5. The number of nitrogen functional groups attached to an aromatic ring is 1. The lowest BCUT2D eigenvalue weighted by molar-refractivity contribution is 0.185. The number of aliphatic hydroxyl groups is 2. The summed E-state index contributed by atoms with van der Waals surface area (Å²) in [4.78, 5) is 0.00694. The fourth-order valence-corrected chi connectivity index (χ4v) is 2.46. The molecule has 0 bridgehead atoms. The summed E-state index contributed by atoms with van der Waals surface area (Å²) in [5, 5.41) is 17.6. The van der Waals surface area contributed by atoms with E-state index in [2.05, 4.69) is 4.72 Å². The number of nitrogens with one attached hydrogen (secondary N) is 1. The summed E-state index contributed by atoms with van der Waals surface area (Å²) >= 11 is 0. The Kier molecular flexibility index (Phi) is 4.47. The van der Waals surface area contributed by atoms with Gasteiger partial charge in [-0.15, -0.1) is 0 Å². The van der Waals surface area contributed by atoms with Crippen molar-refractivity contribution in [3.63, 3.8) is 0 Å². The van der Waals surface area contributed by atoms with E-state index in [9.17, 15) is 8.42 Å². The quantitative estimate of drug-likeness (QED) is 0.518. The molecule has 0 atom stereocenters. The first-order valence-electron chi connectivity index (χ1n) is 5.01. The lowest BCUT2D eigenvalue weighted by Crippen LogP contribution is -2.40. The zero-order chi connectivity index (χ0) is 13.1. The number of aryl methyl sites for hydroxylation is 1. The van der Waals surface area contributed by atoms with Crippen molar-refractivity contribution in [2.24, 2.45) is 0 Å². The van der Waals surface area contributed by atoms with E-state index in [4.69, 9.17) is 15.9 Å². The maximum absolute atomic E-state index is 11.8. The van der Waals surface area contributed by atoms with Gasteiger partial charge in [0.15, 0.2) is 0 Å². The van der Waals surface area contributed by atoms with Crippen LogP contribution in [0.1, 0.15) is 5.56 Å². The van der Waals surface area contributed by atoms with Crippen molar-refractivity contribution in [3.8, 4) is 0 Å². The predicted molar refractivity (Wildman–Crippen MR) is 63.9 cm³/mol. The van der Waals surface area contributed by atoms with Crippen molar-refractivity contribution in [2.45, 2.75) is 17.9 Å². The Bertz CT molecular complexity index is 483. The Morgan fingerprint density at radius 2 is 1.94 bits per heavy atom. The lowest BCUT2D eigenvalue weighted by Gasteiger charge is -2.14. The number of rotatable bonds is 5. The number of nitrogens with two attached hydrogens (primary N) is 1. The molecule has 0 amide bonds. The summed E-state index contributed by atoms with van der Waals surface area (Å²) in [7, 11) is -3.77. The normalized spacial score (nSPS) is 12.0. The lowest BCUT2D eigenvalue weighted by atomic mass is 10.2. The van der Waals surface area contributed by atoms with Crippen LogP contribution in [0, 0.1) is 6.92 Å². The monoisotopic (exact) mass is 260 g/mol. The van der Waals surface area contributed by atoms with Crippen molar-refractivity contribution < 1.29 is 18.6 Å². The number of anilines is 1. The molecule has 0 spiro atoms. The molecule has 0 saturated carbocycles. The highest BCUT2D eigenvalue weighted by Crippen LogP contribution is 2.17. The second kappa shape index (κ2) is 5.46. The SMILES string of the molecule is Cc1ccc(S(=O)(=O)NC(CO)CO)cc1N. The average molecular weight is 260 g/mol. The van der Waals surface area contributed by atoms with Gasteiger partial charge in [0, 0.05) is 5.69 Å². The standard InChI is InChI=1S/C10H16N2O4S/c1-7-2-3-9(4-10(7)11)17(15,16)12-8(5-13)6-14/h2-4,8,12-14H,5-6,11H2,1H3. The summed E-state index contributed by atoms with van der Waals surface area (Å²) in [5.41, 5.74) is 6.78. The van der Waals surface area contributed by atoms with Crippen LogP contribution in [0.25, 0.3) is 0 Å². The van der Waals surface area contributed by atoms with Crippen LogP contribution >= 0.6 is 0 Å². The number of aliphatic hydroxyl groups excluding tert-OH is 2. The van der Waals surface area contributed by atoms with E-state index in [-0.39, 0.29) is 4.90 Å². The van der Waals surface area contributed by atoms with E-state index in [1.807, 2.05) is 0 Å². The first-order valence-corrected chi connectivity index (χ1v) is 6.49. The number of benzene rings is 1. The van der Waals surface area contributed by atoms with Gasteiger partial charge in [0.2, 0.25) is 10.0 Å². The Morgan fingerprint density at radius 3 is 2.41 bits per heavy atom. The first kappa shape index (κ1) is 13.9. The van der Waals surface area contributed by atoms with E-state index >= 15 is 0 Å². The van der Waals surface area contributed by atoms with E-state index in [1.54, 1.807) is 13.0 Å². The van der Waals surface area contributed by atoms with Crippen LogP contribution in [0.15, 0.2) is 23.1 Å². The maximum Gasteiger partial charge on any atom is 0.241 e. The van der Waals surface area contributed by atoms with Crippen LogP contribution in [0.4, 0.5) is 5.69 Å². The molecule has 0 aliphatic rings. The Morgan fingerprint density at radius 1 is 1.35 bits per heavy atom. The van der Waals surface area contributed by atoms with Crippen molar-refractivity contribution in [1.82, 2.24) is 4.72 Å². The molecule has 5 N–H and O–H groups in total. The molecule has 1 aromatic carbocycles. The molecule has 17 heavy (non-hydrogen) atoms. The first-order chi connectivity index (χ1) is 7.90. The van der Waals surface area contributed by atoms with Crippen LogP contribution in [0.5, 0.6) is 0 Å². The summed E-state index contributed by atoms with van der Waals surface area (Å²) in [6, 6.07) is 3.43. The van der Waals surface area contributed by atoms with Gasteiger partial charge in [-0.3, -0.25) is 0 Å². The molecule has 0 heterocycles. The van der Waals surface area contributed by atoms with Crippen molar-refractivity contribution in [3.05, 3.63) is 23.8 Å². The Labute approximate surface area is 100 Å². The fraction of sp³-hybridized carbons (Fsp3) is 0.400. The van der Waals surface area contributed by atoms with Crippen LogP contribution in [-0.2, 0) is 10.0 Å². The maximum atomic E-state index is 11.8. The predicted octanol–water partition coefficient (Wildman–Crippen LogP) is -0.791. The van der Waals surface area contributed by atoms with Crippen molar-refractivity contribution in [2.75, 3.05) is 18.9 Å². The van der Waals surface area contributed by atoms with Gasteiger partial charge < -0.3 is 15.9 Å². The van der Waals surface area contributed by atoms with Gasteiger partial charge in [-0.25, -0.2) is 13.1 Å². The molecule has 1 aromatic rings. The Balaban J connectivity index is 3.01. The zero-order valence-corrected chi connectivity index (χ0v) is 10.2. The second-order valence-electron chi connectivity index (χ2n) is 3.70. The topological polar surface area (TPSA) is 113 Å². The minimum atomic E-state index is -3.77. The number of hydrogen-bond donors (Lipinski definition) is 4. The van der Waals surface area contributed by atoms with Gasteiger partial charge in [0.25, 0.3) is 0 Å². The van der Waals surface area contributed by atoms with E-state index in [1.165, 1.54) is 12.1 Å². The third-order valence-electron chi connectivity index (χ3n) is 2.32. The fourth-order valence-electron chi connectivity index (χ4n) is 1.21. The molecule has 7 heteroatoms. The van der Waals surface area contributed by atoms with Gasteiger partial charge in [0.1, 0.15) is 0 Å².